The Balaban J connectivity index is 1.21. The molecule has 7 aromatic carbocycles. The summed E-state index contributed by atoms with van der Waals surface area (Å²) in [5, 5.41) is 24.0. The summed E-state index contributed by atoms with van der Waals surface area (Å²) in [6.45, 7) is 10.9. The molecule has 9 rings (SSSR count). The Morgan fingerprint density at radius 1 is 0.484 bits per heavy atom. The highest BCUT2D eigenvalue weighted by Gasteiger charge is 2.40. The smallest absolute Gasteiger partial charge is 0.341 e. The molecule has 2 aliphatic rings. The van der Waals surface area contributed by atoms with Gasteiger partial charge in [0.05, 0.1) is 11.4 Å². The molecule has 12 nitrogen and oxygen atoms in total. The van der Waals surface area contributed by atoms with Crippen LogP contribution in [0.1, 0.15) is 107 Å². The van der Waals surface area contributed by atoms with Crippen LogP contribution in [0.4, 0.5) is 11.4 Å². The van der Waals surface area contributed by atoms with Crippen LogP contribution in [0.2, 0.25) is 0 Å². The molecule has 0 spiro atoms. The first kappa shape index (κ1) is 40.1. The highest BCUT2D eigenvalue weighted by molar-refractivity contribution is 6.45. The summed E-state index contributed by atoms with van der Waals surface area (Å²) >= 11 is 0. The number of imide groups is 2. The summed E-state index contributed by atoms with van der Waals surface area (Å²) in [6, 6.07) is 24.2. The molecule has 312 valence electrons. The highest BCUT2D eigenvalue weighted by Crippen LogP contribution is 2.49. The maximum Gasteiger partial charge on any atom is 0.341 e. The summed E-state index contributed by atoms with van der Waals surface area (Å²) in [5.74, 6) is -4.63. The average molecular weight is 831 g/mol. The first-order valence-corrected chi connectivity index (χ1v) is 20.4. The number of aliphatic carboxylic acids is 2. The van der Waals surface area contributed by atoms with Crippen molar-refractivity contribution in [3.63, 3.8) is 0 Å². The van der Waals surface area contributed by atoms with E-state index in [-0.39, 0.29) is 56.0 Å². The normalized spacial score (nSPS) is 14.2. The molecule has 0 aliphatic carbocycles. The van der Waals surface area contributed by atoms with Gasteiger partial charge in [-0.15, -0.1) is 0 Å². The van der Waals surface area contributed by atoms with E-state index in [2.05, 4.69) is 0 Å². The number of carboxylic acids is 2. The van der Waals surface area contributed by atoms with E-state index < -0.39 is 48.8 Å². The molecule has 0 fully saturated rings. The summed E-state index contributed by atoms with van der Waals surface area (Å²) in [5.41, 5.74) is 2.39. The number of rotatable bonds is 12. The average Bonchev–Trinajstić information content (AvgIpc) is 3.25. The molecule has 7 aromatic rings. The van der Waals surface area contributed by atoms with Crippen LogP contribution in [-0.2, 0) is 20.4 Å². The number of ether oxygens (including phenoxy) is 2. The molecular formula is C50H42N2O10. The van der Waals surface area contributed by atoms with Crippen LogP contribution in [0, 0.1) is 0 Å². The molecule has 0 saturated heterocycles. The lowest BCUT2D eigenvalue weighted by Crippen LogP contribution is -2.41. The highest BCUT2D eigenvalue weighted by atomic mass is 16.5. The van der Waals surface area contributed by atoms with Gasteiger partial charge in [-0.2, -0.15) is 0 Å². The predicted molar refractivity (Wildman–Crippen MR) is 236 cm³/mol. The Morgan fingerprint density at radius 2 is 0.790 bits per heavy atom. The van der Waals surface area contributed by atoms with Crippen LogP contribution in [0.5, 0.6) is 11.5 Å². The molecule has 4 amide bonds. The number of benzene rings is 7. The van der Waals surface area contributed by atoms with Gasteiger partial charge in [0, 0.05) is 33.0 Å². The van der Waals surface area contributed by atoms with Crippen molar-refractivity contribution in [3.05, 3.63) is 118 Å². The SMILES string of the molecule is CCC(C)(C)c1ccc(OCC(=O)O)c(N2C(=O)c3ccc4c5ccc6c7c(ccc(c8ccc(c3c48)C2=O)c75)C(=O)N(c2cc(C(C)(C)CC)ccc2OCC(=O)O)C6=O)c1. The number of anilines is 2. The molecular weight excluding hydrogens is 789 g/mol. The molecule has 0 aromatic heterocycles. The third kappa shape index (κ3) is 5.88. The van der Waals surface area contributed by atoms with Gasteiger partial charge in [0.25, 0.3) is 23.6 Å². The minimum absolute atomic E-state index is 0.0802. The van der Waals surface area contributed by atoms with Gasteiger partial charge < -0.3 is 19.7 Å². The minimum atomic E-state index is -1.21. The maximum absolute atomic E-state index is 14.7. The van der Waals surface area contributed by atoms with Gasteiger partial charge in [-0.1, -0.05) is 77.9 Å². The maximum atomic E-state index is 14.7. The molecule has 2 heterocycles. The van der Waals surface area contributed by atoms with Crippen LogP contribution >= 0.6 is 0 Å². The number of amides is 4. The number of hydrogen-bond acceptors (Lipinski definition) is 8. The zero-order valence-corrected chi connectivity index (χ0v) is 35.0. The van der Waals surface area contributed by atoms with E-state index >= 15 is 0 Å². The van der Waals surface area contributed by atoms with E-state index in [1.54, 1.807) is 48.5 Å². The monoisotopic (exact) mass is 830 g/mol. The number of hydrogen-bond donors (Lipinski definition) is 2. The molecule has 62 heavy (non-hydrogen) atoms. The largest absolute Gasteiger partial charge is 0.480 e. The van der Waals surface area contributed by atoms with Crippen molar-refractivity contribution in [1.82, 2.24) is 0 Å². The second-order valence-electron chi connectivity index (χ2n) is 17.2. The standard InChI is InChI=1S/C50H42N2O10/c1-7-49(3,4)25-9-19-37(61-23-39(53)54)35(21-25)51-45(57)31-15-11-27-29-13-17-33-44-34(18-14-30(42(29)44)28-12-16-32(46(51)58)43(31)41(27)28)48(60)52(47(33)59)36-22-26(50(5,6)8-2)10-20-38(36)62-24-40(55)56/h9-22H,7-8,23-24H2,1-6H3,(H,53,54)(H,55,56). The molecule has 0 saturated carbocycles. The summed E-state index contributed by atoms with van der Waals surface area (Å²) in [4.78, 5) is 83.9. The van der Waals surface area contributed by atoms with Gasteiger partial charge in [-0.3, -0.25) is 19.2 Å². The molecule has 0 bridgehead atoms. The summed E-state index contributed by atoms with van der Waals surface area (Å²) in [6.07, 6.45) is 1.51. The summed E-state index contributed by atoms with van der Waals surface area (Å²) in [7, 11) is 0. The topological polar surface area (TPSA) is 168 Å². The van der Waals surface area contributed by atoms with Crippen molar-refractivity contribution in [2.24, 2.45) is 0 Å². The molecule has 12 heteroatoms. The van der Waals surface area contributed by atoms with Crippen LogP contribution < -0.4 is 19.3 Å². The fourth-order valence-electron chi connectivity index (χ4n) is 8.86. The number of carboxylic acid groups (broad SMARTS) is 2. The predicted octanol–water partition coefficient (Wildman–Crippen LogP) is 9.64. The molecule has 0 radical (unpaired) electrons. The fraction of sp³-hybridized carbons (Fsp3) is 0.240. The van der Waals surface area contributed by atoms with E-state index in [0.717, 1.165) is 33.8 Å². The molecule has 2 aliphatic heterocycles. The van der Waals surface area contributed by atoms with Crippen LogP contribution in [-0.4, -0.2) is 59.0 Å². The third-order valence-electron chi connectivity index (χ3n) is 13.1. The van der Waals surface area contributed by atoms with Crippen molar-refractivity contribution in [2.45, 2.75) is 65.2 Å². The first-order chi connectivity index (χ1) is 29.5. The van der Waals surface area contributed by atoms with Gasteiger partial charge >= 0.3 is 11.9 Å². The Morgan fingerprint density at radius 3 is 1.06 bits per heavy atom. The van der Waals surface area contributed by atoms with Crippen molar-refractivity contribution in [2.75, 3.05) is 23.0 Å². The second-order valence-corrected chi connectivity index (χ2v) is 17.2. The van der Waals surface area contributed by atoms with Gasteiger partial charge in [-0.05, 0) is 116 Å². The van der Waals surface area contributed by atoms with Crippen LogP contribution in [0.15, 0.2) is 84.9 Å². The van der Waals surface area contributed by atoms with Crippen LogP contribution in [0.3, 0.4) is 0 Å². The first-order valence-electron chi connectivity index (χ1n) is 20.4. The number of fused-ring (bicyclic) bond motifs is 2. The Labute approximate surface area is 355 Å². The van der Waals surface area contributed by atoms with Crippen molar-refractivity contribution in [1.29, 1.82) is 0 Å². The van der Waals surface area contributed by atoms with E-state index in [0.29, 0.717) is 43.1 Å². The van der Waals surface area contributed by atoms with Crippen molar-refractivity contribution >= 4 is 90.0 Å². The molecule has 2 N–H and O–H groups in total. The molecule has 0 unspecified atom stereocenters. The third-order valence-corrected chi connectivity index (χ3v) is 13.1. The lowest BCUT2D eigenvalue weighted by molar-refractivity contribution is -0.140. The zero-order chi connectivity index (χ0) is 44.2. The lowest BCUT2D eigenvalue weighted by Gasteiger charge is -2.32. The van der Waals surface area contributed by atoms with Crippen LogP contribution in [0.25, 0.3) is 43.1 Å². The van der Waals surface area contributed by atoms with E-state index in [4.69, 9.17) is 9.47 Å². The number of carbonyl (C=O) groups is 6. The van der Waals surface area contributed by atoms with Gasteiger partial charge in [-0.25, -0.2) is 19.4 Å². The Hall–Kier alpha value is -7.34. The number of carbonyl (C=O) groups excluding carboxylic acids is 4. The van der Waals surface area contributed by atoms with E-state index in [1.807, 2.05) is 77.9 Å². The Kier molecular flexibility index (Phi) is 9.13. The lowest BCUT2D eigenvalue weighted by atomic mass is 9.81. The minimum Gasteiger partial charge on any atom is -0.480 e. The van der Waals surface area contributed by atoms with Crippen molar-refractivity contribution < 1.29 is 48.5 Å². The zero-order valence-electron chi connectivity index (χ0n) is 35.0. The Bertz CT molecular complexity index is 2830. The van der Waals surface area contributed by atoms with Crippen molar-refractivity contribution in [3.8, 4) is 11.5 Å². The summed E-state index contributed by atoms with van der Waals surface area (Å²) < 4.78 is 11.3. The van der Waals surface area contributed by atoms with E-state index in [1.165, 1.54) is 0 Å². The van der Waals surface area contributed by atoms with Gasteiger partial charge in [0.1, 0.15) is 11.5 Å². The quantitative estimate of drug-likeness (QED) is 0.0687. The van der Waals surface area contributed by atoms with Gasteiger partial charge in [0.15, 0.2) is 13.2 Å². The van der Waals surface area contributed by atoms with Gasteiger partial charge in [0.2, 0.25) is 0 Å². The van der Waals surface area contributed by atoms with E-state index in [9.17, 15) is 39.0 Å². The second kappa shape index (κ2) is 14.1. The molecule has 0 atom stereocenters. The fourth-order valence-corrected chi connectivity index (χ4v) is 8.86. The number of nitrogens with zero attached hydrogens (tertiary/aromatic N) is 2.